The minimum Gasteiger partial charge on any atom is -0.550 e. The second kappa shape index (κ2) is 10.1. The van der Waals surface area contributed by atoms with Gasteiger partial charge in [0.05, 0.1) is 11.9 Å². The molecule has 14 heavy (non-hydrogen) atoms. The fourth-order valence-electron chi connectivity index (χ4n) is 0.430. The summed E-state index contributed by atoms with van der Waals surface area (Å²) in [6.07, 6.45) is -1.13. The fraction of sp³-hybridized carbons (Fsp3) is 0.400. The minimum atomic E-state index is -2.14. The van der Waals surface area contributed by atoms with Crippen molar-refractivity contribution in [2.45, 2.75) is 6.42 Å². The van der Waals surface area contributed by atoms with Crippen molar-refractivity contribution in [3.8, 4) is 0 Å². The first-order valence-corrected chi connectivity index (χ1v) is 2.56. The van der Waals surface area contributed by atoms with E-state index in [0.29, 0.717) is 0 Å². The first-order chi connectivity index (χ1) is 4.95. The quantitative estimate of drug-likeness (QED) is 0.451. The standard InChI is InChI=1S/C5H6O6.2H3N.Pt/c6-3(7)1-2(4(8)9)5(10)11;;;/h2H,1H2,(H,6,7)(H,8,9)(H,10,11);2*1H3;/q;;;+2/p-2. The Labute approximate surface area is 95.2 Å². The first kappa shape index (κ1) is 23.1. The number of rotatable bonds is 4. The predicted molar refractivity (Wildman–Crippen MR) is 34.3 cm³/mol. The minimum absolute atomic E-state index is 0. The van der Waals surface area contributed by atoms with Crippen molar-refractivity contribution in [3.05, 3.63) is 0 Å². The average Bonchev–Trinajstić information content (AvgIpc) is 1.81. The second-order valence-corrected chi connectivity index (χ2v) is 1.77. The van der Waals surface area contributed by atoms with E-state index in [1.807, 2.05) is 0 Å². The summed E-state index contributed by atoms with van der Waals surface area (Å²) in [4.78, 5) is 29.4. The monoisotopic (exact) mass is 389 g/mol. The van der Waals surface area contributed by atoms with Crippen LogP contribution in [0.25, 0.3) is 0 Å². The zero-order valence-corrected chi connectivity index (χ0v) is 9.24. The summed E-state index contributed by atoms with van der Waals surface area (Å²) >= 11 is 0. The Morgan fingerprint density at radius 2 is 1.29 bits per heavy atom. The van der Waals surface area contributed by atoms with Gasteiger partial charge in [-0.2, -0.15) is 0 Å². The number of carbonyl (C=O) groups excluding carboxylic acids is 3. The van der Waals surface area contributed by atoms with E-state index < -0.39 is 30.2 Å². The molecule has 86 valence electrons. The van der Waals surface area contributed by atoms with Crippen LogP contribution in [0.15, 0.2) is 0 Å². The average molecular weight is 389 g/mol. The molecule has 0 spiro atoms. The predicted octanol–water partition coefficient (Wildman–Crippen LogP) is -4.32. The molecule has 0 atom stereocenters. The molecule has 0 aromatic carbocycles. The van der Waals surface area contributed by atoms with Crippen LogP contribution in [0.3, 0.4) is 0 Å². The summed E-state index contributed by atoms with van der Waals surface area (Å²) in [5, 5.41) is 29.4. The molecule has 6 N–H and O–H groups in total. The van der Waals surface area contributed by atoms with Gasteiger partial charge in [-0.3, -0.25) is 0 Å². The summed E-state index contributed by atoms with van der Waals surface area (Å²) in [7, 11) is 0. The van der Waals surface area contributed by atoms with Gasteiger partial charge in [-0.25, -0.2) is 0 Å². The molecule has 0 heterocycles. The van der Waals surface area contributed by atoms with Gasteiger partial charge in [0.25, 0.3) is 0 Å². The summed E-state index contributed by atoms with van der Waals surface area (Å²) in [6, 6.07) is 0. The van der Waals surface area contributed by atoms with Gasteiger partial charge in [0.1, 0.15) is 0 Å². The number of hydrogen-bond donors (Lipinski definition) is 2. The van der Waals surface area contributed by atoms with Gasteiger partial charge < -0.3 is 42.0 Å². The molecule has 0 unspecified atom stereocenters. The molecule has 0 saturated carbocycles. The number of carboxylic acids is 3. The number of aliphatic carboxylic acids is 3. The molecule has 0 aromatic heterocycles. The summed E-state index contributed by atoms with van der Waals surface area (Å²) in [5.41, 5.74) is 0. The van der Waals surface area contributed by atoms with Crippen LogP contribution in [0.5, 0.6) is 0 Å². The Hall–Kier alpha value is -0.982. The normalized spacial score (nSPS) is 7.50. The smallest absolute Gasteiger partial charge is 0.550 e. The molecule has 0 rings (SSSR count). The van der Waals surface area contributed by atoms with Crippen molar-refractivity contribution < 1.29 is 52.2 Å². The van der Waals surface area contributed by atoms with Crippen LogP contribution in [0.2, 0.25) is 0 Å². The van der Waals surface area contributed by atoms with Crippen LogP contribution in [-0.2, 0) is 35.4 Å². The van der Waals surface area contributed by atoms with Crippen LogP contribution in [0.4, 0.5) is 0 Å². The third kappa shape index (κ3) is 9.11. The topological polar surface area (TPSA) is 190 Å². The van der Waals surface area contributed by atoms with Gasteiger partial charge in [-0.15, -0.1) is 0 Å². The number of carbonyl (C=O) groups is 3. The van der Waals surface area contributed by atoms with Gasteiger partial charge in [0, 0.05) is 18.3 Å². The third-order valence-electron chi connectivity index (χ3n) is 0.940. The maximum absolute atomic E-state index is 9.85. The molecule has 0 aromatic rings. The molecule has 0 amide bonds. The Balaban J connectivity index is -0.0000000833. The van der Waals surface area contributed by atoms with Crippen molar-refractivity contribution in [3.63, 3.8) is 0 Å². The van der Waals surface area contributed by atoms with E-state index in [1.165, 1.54) is 0 Å². The van der Waals surface area contributed by atoms with E-state index in [4.69, 9.17) is 0 Å². The van der Waals surface area contributed by atoms with E-state index in [0.717, 1.165) is 0 Å². The Morgan fingerprint density at radius 3 is 1.36 bits per heavy atom. The van der Waals surface area contributed by atoms with Gasteiger partial charge in [0.2, 0.25) is 0 Å². The van der Waals surface area contributed by atoms with Crippen LogP contribution in [0, 0.1) is 5.92 Å². The van der Waals surface area contributed by atoms with Crippen LogP contribution in [-0.4, -0.2) is 17.9 Å². The second-order valence-electron chi connectivity index (χ2n) is 1.77. The third-order valence-corrected chi connectivity index (χ3v) is 0.940. The molecule has 9 heteroatoms. The number of carboxylic acid groups (broad SMARTS) is 3. The summed E-state index contributed by atoms with van der Waals surface area (Å²) in [5.74, 6) is -7.90. The van der Waals surface area contributed by atoms with Crippen LogP contribution < -0.4 is 27.6 Å². The van der Waals surface area contributed by atoms with Gasteiger partial charge in [-0.05, 0) is 0 Å². The van der Waals surface area contributed by atoms with E-state index in [2.05, 4.69) is 0 Å². The Bertz CT molecular complexity index is 200. The zero-order chi connectivity index (χ0) is 9.02. The van der Waals surface area contributed by atoms with Crippen LogP contribution >= 0.6 is 0 Å². The molecular weight excluding hydrogens is 379 g/mol. The SMILES string of the molecule is N.N.O=C([O-])CC(C(=O)[O-])C(=O)[O-].[H+].[Pt+2]. The van der Waals surface area contributed by atoms with E-state index in [9.17, 15) is 29.7 Å². The molecule has 0 aliphatic carbocycles. The van der Waals surface area contributed by atoms with Gasteiger partial charge in [0.15, 0.2) is 0 Å². The first-order valence-electron chi connectivity index (χ1n) is 2.56. The molecule has 0 aliphatic rings. The zero-order valence-electron chi connectivity index (χ0n) is 7.96. The molecular formula is C5H10N2O6Pt. The van der Waals surface area contributed by atoms with E-state index >= 15 is 0 Å². The maximum Gasteiger partial charge on any atom is 2.00 e. The van der Waals surface area contributed by atoms with Crippen molar-refractivity contribution in [1.82, 2.24) is 12.3 Å². The fourth-order valence-corrected chi connectivity index (χ4v) is 0.430. The van der Waals surface area contributed by atoms with Crippen LogP contribution in [0.1, 0.15) is 7.85 Å². The van der Waals surface area contributed by atoms with Gasteiger partial charge in [-0.1, -0.05) is 0 Å². The maximum atomic E-state index is 9.85. The largest absolute Gasteiger partial charge is 2.00 e. The van der Waals surface area contributed by atoms with E-state index in [-0.39, 0.29) is 34.8 Å². The van der Waals surface area contributed by atoms with Crippen molar-refractivity contribution in [2.24, 2.45) is 5.92 Å². The Morgan fingerprint density at radius 1 is 1.00 bits per heavy atom. The molecule has 0 saturated heterocycles. The molecule has 0 radical (unpaired) electrons. The molecule has 0 aliphatic heterocycles. The summed E-state index contributed by atoms with van der Waals surface area (Å²) in [6.45, 7) is 0. The summed E-state index contributed by atoms with van der Waals surface area (Å²) < 4.78 is 0. The van der Waals surface area contributed by atoms with E-state index in [1.54, 1.807) is 0 Å². The number of hydrogen-bond acceptors (Lipinski definition) is 8. The molecule has 8 nitrogen and oxygen atoms in total. The molecule has 0 fully saturated rings. The van der Waals surface area contributed by atoms with Crippen molar-refractivity contribution >= 4 is 17.9 Å². The van der Waals surface area contributed by atoms with Crippen molar-refractivity contribution in [2.75, 3.05) is 0 Å². The molecule has 0 bridgehead atoms. The van der Waals surface area contributed by atoms with Crippen molar-refractivity contribution in [1.29, 1.82) is 0 Å². The van der Waals surface area contributed by atoms with Gasteiger partial charge >= 0.3 is 22.5 Å². The Kier molecular flexibility index (Phi) is 16.7.